The Bertz CT molecular complexity index is 1200. The van der Waals surface area contributed by atoms with Crippen LogP contribution in [0.3, 0.4) is 0 Å². The van der Waals surface area contributed by atoms with Crippen molar-refractivity contribution in [1.29, 1.82) is 0 Å². The van der Waals surface area contributed by atoms with Crippen molar-refractivity contribution in [1.82, 2.24) is 4.90 Å². The number of nitrogens with one attached hydrogen (secondary N) is 1. The summed E-state index contributed by atoms with van der Waals surface area (Å²) in [4.78, 5) is 25.9. The molecule has 0 spiro atoms. The number of hydrogen-bond donors (Lipinski definition) is 1. The molecule has 9 heteroatoms. The van der Waals surface area contributed by atoms with Crippen LogP contribution in [-0.4, -0.2) is 38.8 Å². The maximum atomic E-state index is 13.0. The van der Waals surface area contributed by atoms with Gasteiger partial charge in [-0.05, 0) is 48.0 Å². The summed E-state index contributed by atoms with van der Waals surface area (Å²) in [6, 6.07) is 19.4. The first-order valence-corrected chi connectivity index (χ1v) is 11.1. The fourth-order valence-electron chi connectivity index (χ4n) is 2.79. The van der Waals surface area contributed by atoms with Gasteiger partial charge in [-0.3, -0.25) is 9.52 Å². The van der Waals surface area contributed by atoms with Gasteiger partial charge in [-0.15, -0.1) is 0 Å². The molecule has 0 unspecified atom stereocenters. The number of benzene rings is 3. The zero-order chi connectivity index (χ0) is 23.1. The van der Waals surface area contributed by atoms with Crippen molar-refractivity contribution in [3.05, 3.63) is 95.8 Å². The number of hydrogen-bond acceptors (Lipinski definition) is 5. The minimum Gasteiger partial charge on any atom is -0.452 e. The van der Waals surface area contributed by atoms with Gasteiger partial charge >= 0.3 is 5.97 Å². The van der Waals surface area contributed by atoms with E-state index in [1.165, 1.54) is 35.2 Å². The van der Waals surface area contributed by atoms with Crippen molar-refractivity contribution < 1.29 is 27.1 Å². The van der Waals surface area contributed by atoms with E-state index in [1.807, 2.05) is 30.3 Å². The molecule has 32 heavy (non-hydrogen) atoms. The van der Waals surface area contributed by atoms with Gasteiger partial charge in [-0.25, -0.2) is 17.6 Å². The summed E-state index contributed by atoms with van der Waals surface area (Å²) in [6.07, 6.45) is 0. The van der Waals surface area contributed by atoms with Gasteiger partial charge in [0.25, 0.3) is 15.9 Å². The van der Waals surface area contributed by atoms with Crippen LogP contribution in [0.1, 0.15) is 15.9 Å². The van der Waals surface area contributed by atoms with Crippen molar-refractivity contribution in [2.45, 2.75) is 11.4 Å². The lowest BCUT2D eigenvalue weighted by Crippen LogP contribution is -2.30. The van der Waals surface area contributed by atoms with E-state index in [9.17, 15) is 22.4 Å². The van der Waals surface area contributed by atoms with E-state index in [1.54, 1.807) is 7.05 Å². The lowest BCUT2D eigenvalue weighted by Gasteiger charge is -2.17. The van der Waals surface area contributed by atoms with Gasteiger partial charge < -0.3 is 9.64 Å². The minimum absolute atomic E-state index is 0.0227. The smallest absolute Gasteiger partial charge is 0.338 e. The van der Waals surface area contributed by atoms with Crippen LogP contribution in [-0.2, 0) is 26.1 Å². The Hall–Kier alpha value is -3.72. The molecule has 0 aliphatic carbocycles. The fraction of sp³-hybridized carbons (Fsp3) is 0.130. The van der Waals surface area contributed by atoms with Gasteiger partial charge in [0, 0.05) is 19.3 Å². The number of anilines is 1. The second-order valence-corrected chi connectivity index (χ2v) is 8.63. The summed E-state index contributed by atoms with van der Waals surface area (Å²) >= 11 is 0. The molecule has 0 aliphatic heterocycles. The van der Waals surface area contributed by atoms with Gasteiger partial charge in [0.1, 0.15) is 5.82 Å². The molecule has 0 atom stereocenters. The highest BCUT2D eigenvalue weighted by Crippen LogP contribution is 2.18. The van der Waals surface area contributed by atoms with Gasteiger partial charge in [0.05, 0.1) is 10.5 Å². The molecule has 3 aromatic carbocycles. The van der Waals surface area contributed by atoms with E-state index >= 15 is 0 Å². The van der Waals surface area contributed by atoms with Gasteiger partial charge in [0.15, 0.2) is 6.61 Å². The number of esters is 1. The Balaban J connectivity index is 1.62. The second kappa shape index (κ2) is 10.1. The third-order valence-electron chi connectivity index (χ3n) is 4.49. The molecule has 7 nitrogen and oxygen atoms in total. The average molecular weight is 456 g/mol. The van der Waals surface area contributed by atoms with E-state index in [0.717, 1.165) is 23.8 Å². The van der Waals surface area contributed by atoms with Crippen LogP contribution in [0, 0.1) is 5.82 Å². The van der Waals surface area contributed by atoms with Crippen molar-refractivity contribution in [3.63, 3.8) is 0 Å². The average Bonchev–Trinajstić information content (AvgIpc) is 2.79. The van der Waals surface area contributed by atoms with Gasteiger partial charge in [0.2, 0.25) is 0 Å². The number of halogens is 1. The third-order valence-corrected chi connectivity index (χ3v) is 5.87. The van der Waals surface area contributed by atoms with Crippen LogP contribution in [0.2, 0.25) is 0 Å². The minimum atomic E-state index is -4.02. The molecule has 0 heterocycles. The molecule has 0 saturated carbocycles. The summed E-state index contributed by atoms with van der Waals surface area (Å²) in [5.41, 5.74) is 1.08. The van der Waals surface area contributed by atoms with Crippen LogP contribution in [0.4, 0.5) is 10.1 Å². The number of ether oxygens (including phenoxy) is 1. The maximum absolute atomic E-state index is 13.0. The molecule has 0 aromatic heterocycles. The first-order valence-electron chi connectivity index (χ1n) is 9.58. The van der Waals surface area contributed by atoms with Crippen molar-refractivity contribution in [3.8, 4) is 0 Å². The molecular formula is C23H21FN2O5S. The van der Waals surface area contributed by atoms with Crippen LogP contribution in [0.25, 0.3) is 0 Å². The highest BCUT2D eigenvalue weighted by Gasteiger charge is 2.18. The van der Waals surface area contributed by atoms with E-state index < -0.39 is 34.3 Å². The summed E-state index contributed by atoms with van der Waals surface area (Å²) in [5.74, 6) is -1.73. The SMILES string of the molecule is CN(Cc1ccccc1)C(=O)COC(=O)c1cccc(S(=O)(=O)Nc2ccc(F)cc2)c1. The Morgan fingerprint density at radius 2 is 1.66 bits per heavy atom. The molecule has 0 bridgehead atoms. The van der Waals surface area contributed by atoms with Crippen LogP contribution >= 0.6 is 0 Å². The quantitative estimate of drug-likeness (QED) is 0.524. The van der Waals surface area contributed by atoms with E-state index in [2.05, 4.69) is 4.72 Å². The van der Waals surface area contributed by atoms with E-state index in [4.69, 9.17) is 4.74 Å². The third kappa shape index (κ3) is 6.14. The fourth-order valence-corrected chi connectivity index (χ4v) is 3.89. The Kier molecular flexibility index (Phi) is 7.21. The number of nitrogens with zero attached hydrogens (tertiary/aromatic N) is 1. The normalized spacial score (nSPS) is 10.9. The molecule has 166 valence electrons. The van der Waals surface area contributed by atoms with Gasteiger partial charge in [-0.1, -0.05) is 36.4 Å². The van der Waals surface area contributed by atoms with Crippen LogP contribution in [0.15, 0.2) is 83.8 Å². The maximum Gasteiger partial charge on any atom is 0.338 e. The van der Waals surface area contributed by atoms with Crippen LogP contribution in [0.5, 0.6) is 0 Å². The number of carbonyl (C=O) groups is 2. The lowest BCUT2D eigenvalue weighted by atomic mass is 10.2. The number of carbonyl (C=O) groups excluding carboxylic acids is 2. The molecule has 0 saturated heterocycles. The highest BCUT2D eigenvalue weighted by atomic mass is 32.2. The molecule has 1 N–H and O–H groups in total. The van der Waals surface area contributed by atoms with Crippen molar-refractivity contribution in [2.24, 2.45) is 0 Å². The first-order chi connectivity index (χ1) is 15.2. The Labute approximate surface area is 185 Å². The number of sulfonamides is 1. The zero-order valence-corrected chi connectivity index (χ0v) is 18.0. The predicted molar refractivity (Wildman–Crippen MR) is 117 cm³/mol. The van der Waals surface area contributed by atoms with Crippen molar-refractivity contribution in [2.75, 3.05) is 18.4 Å². The molecule has 3 aromatic rings. The summed E-state index contributed by atoms with van der Waals surface area (Å²) in [6.45, 7) is -0.118. The molecule has 0 fully saturated rings. The summed E-state index contributed by atoms with van der Waals surface area (Å²) in [5, 5.41) is 0. The monoisotopic (exact) mass is 456 g/mol. The molecule has 1 amide bonds. The summed E-state index contributed by atoms with van der Waals surface area (Å²) in [7, 11) is -2.42. The number of likely N-dealkylation sites (N-methyl/N-ethyl adjacent to an activating group) is 1. The second-order valence-electron chi connectivity index (χ2n) is 6.95. The largest absolute Gasteiger partial charge is 0.452 e. The molecular weight excluding hydrogens is 435 g/mol. The predicted octanol–water partition coefficient (Wildman–Crippen LogP) is 3.44. The lowest BCUT2D eigenvalue weighted by molar-refractivity contribution is -0.133. The van der Waals surface area contributed by atoms with E-state index in [-0.39, 0.29) is 16.1 Å². The van der Waals surface area contributed by atoms with Crippen LogP contribution < -0.4 is 4.72 Å². The molecule has 3 rings (SSSR count). The standard InChI is InChI=1S/C23H21FN2O5S/c1-26(15-17-6-3-2-4-7-17)22(27)16-31-23(28)18-8-5-9-21(14-18)32(29,30)25-20-12-10-19(24)11-13-20/h2-14,25H,15-16H2,1H3. The number of rotatable bonds is 8. The molecule has 0 aliphatic rings. The van der Waals surface area contributed by atoms with Gasteiger partial charge in [-0.2, -0.15) is 0 Å². The molecule has 0 radical (unpaired) electrons. The topological polar surface area (TPSA) is 92.8 Å². The van der Waals surface area contributed by atoms with Crippen molar-refractivity contribution >= 4 is 27.6 Å². The first kappa shape index (κ1) is 23.0. The highest BCUT2D eigenvalue weighted by molar-refractivity contribution is 7.92. The Morgan fingerprint density at radius 1 is 0.969 bits per heavy atom. The Morgan fingerprint density at radius 3 is 2.34 bits per heavy atom. The summed E-state index contributed by atoms with van der Waals surface area (Å²) < 4.78 is 45.5. The van der Waals surface area contributed by atoms with E-state index in [0.29, 0.717) is 6.54 Å². The zero-order valence-electron chi connectivity index (χ0n) is 17.2. The number of amides is 1.